The topological polar surface area (TPSA) is 17.1 Å². The van der Waals surface area contributed by atoms with Crippen LogP contribution in [0.5, 0.6) is 0 Å². The van der Waals surface area contributed by atoms with Gasteiger partial charge in [0.05, 0.1) is 0 Å². The first-order chi connectivity index (χ1) is 6.29. The van der Waals surface area contributed by atoms with Crippen LogP contribution in [0.25, 0.3) is 0 Å². The fourth-order valence-electron chi connectivity index (χ4n) is 3.33. The van der Waals surface area contributed by atoms with Gasteiger partial charge in [-0.05, 0) is 31.1 Å². The maximum Gasteiger partial charge on any atom is 0.136 e. The second-order valence-corrected chi connectivity index (χ2v) is 5.47. The molecule has 0 spiro atoms. The monoisotopic (exact) mass is 240 g/mol. The third-order valence-electron chi connectivity index (χ3n) is 3.97. The molecule has 0 aromatic rings. The highest BCUT2D eigenvalue weighted by Gasteiger charge is 2.54. The first-order valence-electron chi connectivity index (χ1n) is 5.16. The molecule has 13 heavy (non-hydrogen) atoms. The average molecular weight is 241 g/mol. The number of allylic oxidation sites excluding steroid dienone is 2. The minimum absolute atomic E-state index is 0.396. The van der Waals surface area contributed by atoms with Gasteiger partial charge in [-0.2, -0.15) is 0 Å². The summed E-state index contributed by atoms with van der Waals surface area (Å²) < 4.78 is 0. The molecule has 1 nitrogen and oxygen atoms in total. The lowest BCUT2D eigenvalue weighted by Gasteiger charge is -2.42. The van der Waals surface area contributed by atoms with Crippen molar-refractivity contribution in [1.29, 1.82) is 0 Å². The molecule has 0 radical (unpaired) electrons. The molecule has 2 heteroatoms. The van der Waals surface area contributed by atoms with E-state index in [1.165, 1.54) is 6.42 Å². The van der Waals surface area contributed by atoms with Crippen LogP contribution in [0.15, 0.2) is 11.6 Å². The van der Waals surface area contributed by atoms with E-state index in [2.05, 4.69) is 22.0 Å². The van der Waals surface area contributed by atoms with Gasteiger partial charge < -0.3 is 0 Å². The summed E-state index contributed by atoms with van der Waals surface area (Å²) in [5, 5.41) is 0. The zero-order valence-corrected chi connectivity index (χ0v) is 9.09. The highest BCUT2D eigenvalue weighted by Crippen LogP contribution is 2.58. The minimum atomic E-state index is 0.396. The fourth-order valence-corrected chi connectivity index (χ4v) is 4.41. The molecule has 3 aliphatic carbocycles. The highest BCUT2D eigenvalue weighted by atomic mass is 79.9. The molecule has 0 aliphatic heterocycles. The Morgan fingerprint density at radius 1 is 1.38 bits per heavy atom. The third kappa shape index (κ3) is 0.955. The first-order valence-corrected chi connectivity index (χ1v) is 6.07. The van der Waals surface area contributed by atoms with Gasteiger partial charge in [0.15, 0.2) is 0 Å². The smallest absolute Gasteiger partial charge is 0.136 e. The maximum absolute atomic E-state index is 11.7. The Kier molecular flexibility index (Phi) is 1.70. The number of carbonyl (C=O) groups is 1. The van der Waals surface area contributed by atoms with Crippen LogP contribution in [-0.2, 0) is 4.79 Å². The average Bonchev–Trinajstić information content (AvgIpc) is 2.46. The van der Waals surface area contributed by atoms with Gasteiger partial charge in [-0.25, -0.2) is 0 Å². The Labute approximate surface area is 86.7 Å². The predicted octanol–water partition coefficient (Wildman–Crippen LogP) is 2.70. The van der Waals surface area contributed by atoms with E-state index in [1.807, 2.05) is 0 Å². The molecule has 0 saturated heterocycles. The van der Waals surface area contributed by atoms with Gasteiger partial charge in [-0.3, -0.25) is 4.79 Å². The molecule has 0 amide bonds. The molecular weight excluding hydrogens is 228 g/mol. The molecule has 0 N–H and O–H groups in total. The van der Waals surface area contributed by atoms with Gasteiger partial charge in [0.25, 0.3) is 0 Å². The summed E-state index contributed by atoms with van der Waals surface area (Å²) in [5.74, 6) is 2.34. The largest absolute Gasteiger partial charge is 0.299 e. The van der Waals surface area contributed by atoms with Crippen molar-refractivity contribution in [2.45, 2.75) is 30.5 Å². The molecule has 3 rings (SSSR count). The van der Waals surface area contributed by atoms with E-state index in [1.54, 1.807) is 5.57 Å². The molecule has 4 atom stereocenters. The molecule has 0 aromatic heterocycles. The van der Waals surface area contributed by atoms with E-state index in [9.17, 15) is 4.79 Å². The van der Waals surface area contributed by atoms with Gasteiger partial charge in [-0.15, -0.1) is 0 Å². The second kappa shape index (κ2) is 2.69. The molecule has 2 fully saturated rings. The number of hydrogen-bond acceptors (Lipinski definition) is 1. The predicted molar refractivity (Wildman–Crippen MR) is 54.7 cm³/mol. The quantitative estimate of drug-likeness (QED) is 0.470. The van der Waals surface area contributed by atoms with Crippen molar-refractivity contribution in [2.24, 2.45) is 17.8 Å². The van der Waals surface area contributed by atoms with Gasteiger partial charge in [0, 0.05) is 17.2 Å². The summed E-state index contributed by atoms with van der Waals surface area (Å²) in [6, 6.07) is 0. The van der Waals surface area contributed by atoms with Gasteiger partial charge in [0.2, 0.25) is 0 Å². The van der Waals surface area contributed by atoms with E-state index in [0.717, 1.165) is 25.2 Å². The number of alkyl halides is 1. The van der Waals surface area contributed by atoms with Gasteiger partial charge in [0.1, 0.15) is 5.78 Å². The number of carbonyl (C=O) groups excluding carboxylic acids is 1. The Balaban J connectivity index is 1.98. The van der Waals surface area contributed by atoms with Crippen LogP contribution in [0, 0.1) is 17.8 Å². The van der Waals surface area contributed by atoms with E-state index in [4.69, 9.17) is 0 Å². The van der Waals surface area contributed by atoms with Crippen LogP contribution in [-0.4, -0.2) is 10.6 Å². The summed E-state index contributed by atoms with van der Waals surface area (Å²) in [7, 11) is 0. The van der Waals surface area contributed by atoms with Crippen LogP contribution < -0.4 is 0 Å². The lowest BCUT2D eigenvalue weighted by atomic mass is 9.68. The van der Waals surface area contributed by atoms with Crippen molar-refractivity contribution in [2.75, 3.05) is 0 Å². The third-order valence-corrected chi connectivity index (χ3v) is 5.18. The van der Waals surface area contributed by atoms with Crippen LogP contribution >= 0.6 is 15.9 Å². The van der Waals surface area contributed by atoms with E-state index < -0.39 is 0 Å². The summed E-state index contributed by atoms with van der Waals surface area (Å²) >= 11 is 3.73. The van der Waals surface area contributed by atoms with E-state index >= 15 is 0 Å². The zero-order chi connectivity index (χ0) is 9.00. The number of ketones is 1. The number of rotatable bonds is 0. The molecule has 3 aliphatic rings. The Bertz CT molecular complexity index is 294. The number of halogens is 1. The molecular formula is C11H13BrO. The van der Waals surface area contributed by atoms with Crippen LogP contribution in [0.2, 0.25) is 0 Å². The Morgan fingerprint density at radius 2 is 2.23 bits per heavy atom. The fraction of sp³-hybridized carbons (Fsp3) is 0.727. The summed E-state index contributed by atoms with van der Waals surface area (Å²) in [5.41, 5.74) is 1.54. The molecule has 0 aromatic carbocycles. The maximum atomic E-state index is 11.7. The lowest BCUT2D eigenvalue weighted by molar-refractivity contribution is -0.123. The Hall–Kier alpha value is -0.110. The zero-order valence-electron chi connectivity index (χ0n) is 7.50. The summed E-state index contributed by atoms with van der Waals surface area (Å²) in [4.78, 5) is 12.3. The number of Topliss-reactive ketones (excluding diaryl/α,β-unsaturated/α-hetero) is 1. The lowest BCUT2D eigenvalue weighted by Crippen LogP contribution is -2.40. The van der Waals surface area contributed by atoms with Crippen LogP contribution in [0.1, 0.15) is 25.7 Å². The van der Waals surface area contributed by atoms with Crippen molar-refractivity contribution in [3.63, 3.8) is 0 Å². The molecule has 0 heterocycles. The molecule has 1 unspecified atom stereocenters. The SMILES string of the molecule is O=C1CCC=C2[C@@H]3C1CC[C@@H]3[C@H]2Br. The van der Waals surface area contributed by atoms with Crippen LogP contribution in [0.4, 0.5) is 0 Å². The van der Waals surface area contributed by atoms with Crippen LogP contribution in [0.3, 0.4) is 0 Å². The van der Waals surface area contributed by atoms with Crippen molar-refractivity contribution in [3.05, 3.63) is 11.6 Å². The standard InChI is InChI=1S/C11H13BrO/c12-11-7-2-1-3-9(13)6-4-5-8(11)10(6)7/h2,6,8,10-11H,1,3-5H2/t6?,8-,10-,11-/m0/s1. The first kappa shape index (κ1) is 8.22. The Morgan fingerprint density at radius 3 is 3.08 bits per heavy atom. The minimum Gasteiger partial charge on any atom is -0.299 e. The van der Waals surface area contributed by atoms with E-state index in [0.29, 0.717) is 22.4 Å². The van der Waals surface area contributed by atoms with Crippen molar-refractivity contribution >= 4 is 21.7 Å². The van der Waals surface area contributed by atoms with E-state index in [-0.39, 0.29) is 0 Å². The molecule has 0 bridgehead atoms. The van der Waals surface area contributed by atoms with Gasteiger partial charge >= 0.3 is 0 Å². The second-order valence-electron chi connectivity index (χ2n) is 4.48. The summed E-state index contributed by atoms with van der Waals surface area (Å²) in [6.45, 7) is 0. The normalized spacial score (nSPS) is 47.8. The van der Waals surface area contributed by atoms with Gasteiger partial charge in [-0.1, -0.05) is 27.6 Å². The molecule has 2 saturated carbocycles. The molecule has 70 valence electrons. The highest BCUT2D eigenvalue weighted by molar-refractivity contribution is 9.09. The summed E-state index contributed by atoms with van der Waals surface area (Å²) in [6.07, 6.45) is 6.48. The van der Waals surface area contributed by atoms with Crippen molar-refractivity contribution < 1.29 is 4.79 Å². The number of hydrogen-bond donors (Lipinski definition) is 0. The van der Waals surface area contributed by atoms with Crippen molar-refractivity contribution in [3.8, 4) is 0 Å². The van der Waals surface area contributed by atoms with Crippen molar-refractivity contribution in [1.82, 2.24) is 0 Å².